The van der Waals surface area contributed by atoms with Gasteiger partial charge in [-0.1, -0.05) is 18.2 Å². The van der Waals surface area contributed by atoms with Crippen LogP contribution in [-0.4, -0.2) is 62.9 Å². The molecular formula is C16H21NO6. The van der Waals surface area contributed by atoms with Crippen molar-refractivity contribution in [2.75, 3.05) is 13.2 Å². The molecule has 0 aliphatic heterocycles. The average Bonchev–Trinajstić information content (AvgIpc) is 3.01. The highest BCUT2D eigenvalue weighted by molar-refractivity contribution is 5.89. The number of ether oxygens (including phenoxy) is 1. The Labute approximate surface area is 133 Å². The van der Waals surface area contributed by atoms with E-state index in [1.807, 2.05) is 24.3 Å². The van der Waals surface area contributed by atoms with E-state index < -0.39 is 43.4 Å². The number of aliphatic hydroxyl groups is 4. The van der Waals surface area contributed by atoms with E-state index >= 15 is 0 Å². The van der Waals surface area contributed by atoms with Gasteiger partial charge in [-0.3, -0.25) is 4.79 Å². The van der Waals surface area contributed by atoms with Crippen LogP contribution in [0.2, 0.25) is 0 Å². The Morgan fingerprint density at radius 2 is 1.91 bits per heavy atom. The summed E-state index contributed by atoms with van der Waals surface area (Å²) in [5.74, 6) is -1.11. The molecule has 0 unspecified atom stereocenters. The molecule has 0 bridgehead atoms. The van der Waals surface area contributed by atoms with Gasteiger partial charge in [0.15, 0.2) is 0 Å². The minimum atomic E-state index is -1.59. The SMILES string of the molecule is C[C@@H](C(=O)OC[C@@H](O)[C@H](O)[C@H](O)CO)c1c[nH]c2ccccc12. The summed E-state index contributed by atoms with van der Waals surface area (Å²) in [6.45, 7) is 0.519. The maximum absolute atomic E-state index is 12.1. The summed E-state index contributed by atoms with van der Waals surface area (Å²) in [4.78, 5) is 15.2. The van der Waals surface area contributed by atoms with Crippen molar-refractivity contribution < 1.29 is 30.0 Å². The maximum Gasteiger partial charge on any atom is 0.313 e. The number of hydrogen-bond acceptors (Lipinski definition) is 6. The second-order valence-electron chi connectivity index (χ2n) is 5.45. The Kier molecular flexibility index (Phi) is 5.73. The third-order valence-corrected chi connectivity index (χ3v) is 3.81. The van der Waals surface area contributed by atoms with Crippen molar-refractivity contribution >= 4 is 16.9 Å². The minimum absolute atomic E-state index is 0.468. The van der Waals surface area contributed by atoms with Crippen molar-refractivity contribution in [2.24, 2.45) is 0 Å². The van der Waals surface area contributed by atoms with E-state index in [1.165, 1.54) is 0 Å². The summed E-state index contributed by atoms with van der Waals surface area (Å²) in [7, 11) is 0. The van der Waals surface area contributed by atoms with Gasteiger partial charge in [0.2, 0.25) is 0 Å². The molecule has 4 atom stereocenters. The maximum atomic E-state index is 12.1. The van der Waals surface area contributed by atoms with E-state index in [0.29, 0.717) is 0 Å². The number of esters is 1. The molecule has 7 nitrogen and oxygen atoms in total. The zero-order valence-electron chi connectivity index (χ0n) is 12.7. The van der Waals surface area contributed by atoms with Gasteiger partial charge in [0.1, 0.15) is 24.9 Å². The summed E-state index contributed by atoms with van der Waals surface area (Å²) >= 11 is 0. The first kappa shape index (κ1) is 17.4. The summed E-state index contributed by atoms with van der Waals surface area (Å²) in [5.41, 5.74) is 1.68. The van der Waals surface area contributed by atoms with E-state index in [2.05, 4.69) is 4.98 Å². The van der Waals surface area contributed by atoms with Crippen LogP contribution in [0.5, 0.6) is 0 Å². The van der Waals surface area contributed by atoms with Crippen LogP contribution >= 0.6 is 0 Å². The largest absolute Gasteiger partial charge is 0.462 e. The Morgan fingerprint density at radius 1 is 1.22 bits per heavy atom. The Morgan fingerprint density at radius 3 is 2.61 bits per heavy atom. The predicted molar refractivity (Wildman–Crippen MR) is 82.8 cm³/mol. The summed E-state index contributed by atoms with van der Waals surface area (Å²) < 4.78 is 5.00. The standard InChI is InChI=1S/C16H21NO6/c1-9(11-6-17-12-5-3-2-4-10(11)12)16(22)23-8-14(20)15(21)13(19)7-18/h2-6,9,13-15,17-21H,7-8H2,1H3/t9-,13-,14-,15-/m1/s1. The summed E-state index contributed by atoms with van der Waals surface area (Å²) in [5, 5.41) is 38.0. The van der Waals surface area contributed by atoms with Crippen LogP contribution in [0.1, 0.15) is 18.4 Å². The number of aromatic nitrogens is 1. The number of hydrogen-bond donors (Lipinski definition) is 5. The molecule has 1 aromatic carbocycles. The normalized spacial score (nSPS) is 16.7. The van der Waals surface area contributed by atoms with Crippen molar-refractivity contribution in [3.8, 4) is 0 Å². The number of fused-ring (bicyclic) bond motifs is 1. The molecule has 0 saturated carbocycles. The number of para-hydroxylation sites is 1. The van der Waals surface area contributed by atoms with Crippen LogP contribution in [-0.2, 0) is 9.53 Å². The number of aromatic amines is 1. The summed E-state index contributed by atoms with van der Waals surface area (Å²) in [6, 6.07) is 7.54. The number of carbonyl (C=O) groups excluding carboxylic acids is 1. The number of nitrogens with one attached hydrogen (secondary N) is 1. The van der Waals surface area contributed by atoms with Gasteiger partial charge in [0.25, 0.3) is 0 Å². The van der Waals surface area contributed by atoms with Crippen molar-refractivity contribution in [2.45, 2.75) is 31.2 Å². The number of H-pyrrole nitrogens is 1. The molecule has 0 radical (unpaired) electrons. The highest BCUT2D eigenvalue weighted by Gasteiger charge is 2.27. The van der Waals surface area contributed by atoms with Crippen LogP contribution in [0.4, 0.5) is 0 Å². The molecule has 2 aromatic rings. The fourth-order valence-electron chi connectivity index (χ4n) is 2.33. The zero-order chi connectivity index (χ0) is 17.0. The molecule has 0 aliphatic carbocycles. The highest BCUT2D eigenvalue weighted by atomic mass is 16.5. The lowest BCUT2D eigenvalue weighted by Gasteiger charge is -2.21. The van der Waals surface area contributed by atoms with Crippen LogP contribution < -0.4 is 0 Å². The fourth-order valence-corrected chi connectivity index (χ4v) is 2.33. The lowest BCUT2D eigenvalue weighted by Crippen LogP contribution is -2.42. The van der Waals surface area contributed by atoms with Gasteiger partial charge < -0.3 is 30.1 Å². The van der Waals surface area contributed by atoms with Gasteiger partial charge >= 0.3 is 5.97 Å². The average molecular weight is 323 g/mol. The van der Waals surface area contributed by atoms with E-state index in [0.717, 1.165) is 16.5 Å². The van der Waals surface area contributed by atoms with Crippen molar-refractivity contribution in [1.82, 2.24) is 4.98 Å². The van der Waals surface area contributed by atoms with Gasteiger partial charge in [0.05, 0.1) is 12.5 Å². The van der Waals surface area contributed by atoms with Gasteiger partial charge in [-0.2, -0.15) is 0 Å². The number of aliphatic hydroxyl groups excluding tert-OH is 4. The van der Waals surface area contributed by atoms with Crippen molar-refractivity contribution in [3.63, 3.8) is 0 Å². The van der Waals surface area contributed by atoms with Gasteiger partial charge in [-0.15, -0.1) is 0 Å². The molecule has 0 spiro atoms. The Bertz CT molecular complexity index is 655. The van der Waals surface area contributed by atoms with E-state index in [4.69, 9.17) is 9.84 Å². The molecule has 0 fully saturated rings. The van der Waals surface area contributed by atoms with Gasteiger partial charge in [-0.25, -0.2) is 0 Å². The molecular weight excluding hydrogens is 302 g/mol. The van der Waals surface area contributed by atoms with Crippen molar-refractivity contribution in [1.29, 1.82) is 0 Å². The molecule has 126 valence electrons. The molecule has 1 heterocycles. The number of carbonyl (C=O) groups is 1. The minimum Gasteiger partial charge on any atom is -0.462 e. The second-order valence-corrected chi connectivity index (χ2v) is 5.45. The lowest BCUT2D eigenvalue weighted by molar-refractivity contribution is -0.153. The molecule has 5 N–H and O–H groups in total. The van der Waals surface area contributed by atoms with E-state index in [1.54, 1.807) is 13.1 Å². The zero-order valence-corrected chi connectivity index (χ0v) is 12.7. The second kappa shape index (κ2) is 7.56. The smallest absolute Gasteiger partial charge is 0.313 e. The molecule has 23 heavy (non-hydrogen) atoms. The molecule has 7 heteroatoms. The quantitative estimate of drug-likeness (QED) is 0.453. The van der Waals surface area contributed by atoms with Crippen molar-refractivity contribution in [3.05, 3.63) is 36.0 Å². The number of benzene rings is 1. The third-order valence-electron chi connectivity index (χ3n) is 3.81. The highest BCUT2D eigenvalue weighted by Crippen LogP contribution is 2.26. The lowest BCUT2D eigenvalue weighted by atomic mass is 10.0. The van der Waals surface area contributed by atoms with Crippen LogP contribution in [0, 0.1) is 0 Å². The molecule has 0 saturated heterocycles. The van der Waals surface area contributed by atoms with E-state index in [-0.39, 0.29) is 0 Å². The number of rotatable bonds is 7. The Hall–Kier alpha value is -1.93. The topological polar surface area (TPSA) is 123 Å². The van der Waals surface area contributed by atoms with Crippen LogP contribution in [0.3, 0.4) is 0 Å². The van der Waals surface area contributed by atoms with Gasteiger partial charge in [-0.05, 0) is 18.6 Å². The molecule has 0 aliphatic rings. The van der Waals surface area contributed by atoms with Crippen LogP contribution in [0.15, 0.2) is 30.5 Å². The first-order chi connectivity index (χ1) is 11.0. The van der Waals surface area contributed by atoms with E-state index in [9.17, 15) is 20.1 Å². The van der Waals surface area contributed by atoms with Crippen LogP contribution in [0.25, 0.3) is 10.9 Å². The first-order valence-corrected chi connectivity index (χ1v) is 7.33. The van der Waals surface area contributed by atoms with Gasteiger partial charge in [0, 0.05) is 17.1 Å². The molecule has 2 rings (SSSR count). The summed E-state index contributed by atoms with van der Waals surface area (Å²) in [6.07, 6.45) is -2.82. The predicted octanol–water partition coefficient (Wildman–Crippen LogP) is -0.110. The molecule has 0 amide bonds. The first-order valence-electron chi connectivity index (χ1n) is 7.33. The monoisotopic (exact) mass is 323 g/mol. The third kappa shape index (κ3) is 3.89. The Balaban J connectivity index is 1.98. The fraction of sp³-hybridized carbons (Fsp3) is 0.438. The molecule has 1 aromatic heterocycles.